The van der Waals surface area contributed by atoms with Crippen LogP contribution < -0.4 is 10.1 Å². The number of ether oxygens (including phenoxy) is 1. The number of carbonyl (C=O) groups excluding carboxylic acids is 1. The zero-order valence-electron chi connectivity index (χ0n) is 11.0. The molecule has 96 valence electrons. The summed E-state index contributed by atoms with van der Waals surface area (Å²) in [5.74, 6) is 0.559. The molecule has 0 aliphatic heterocycles. The van der Waals surface area contributed by atoms with Crippen molar-refractivity contribution < 1.29 is 9.53 Å². The Labute approximate surface area is 108 Å². The van der Waals surface area contributed by atoms with Gasteiger partial charge in [-0.25, -0.2) is 0 Å². The minimum atomic E-state index is -0.978. The molecular weight excluding hydrogens is 228 g/mol. The van der Waals surface area contributed by atoms with Gasteiger partial charge in [0.2, 0.25) is 5.91 Å². The number of hydrogen-bond acceptors (Lipinski definition) is 3. The van der Waals surface area contributed by atoms with E-state index in [4.69, 9.17) is 10.00 Å². The largest absolute Gasteiger partial charge is 0.497 e. The number of rotatable bonds is 5. The fourth-order valence-corrected chi connectivity index (χ4v) is 1.42. The molecule has 0 aliphatic rings. The lowest BCUT2D eigenvalue weighted by molar-refractivity contribution is -0.126. The molecule has 1 amide bonds. The van der Waals surface area contributed by atoms with E-state index in [0.717, 1.165) is 11.3 Å². The highest BCUT2D eigenvalue weighted by atomic mass is 16.5. The van der Waals surface area contributed by atoms with Crippen molar-refractivity contribution in [2.45, 2.75) is 20.3 Å². The van der Waals surface area contributed by atoms with Crippen LogP contribution in [0.5, 0.6) is 5.75 Å². The summed E-state index contributed by atoms with van der Waals surface area (Å²) in [5.41, 5.74) is 0.110. The Balaban J connectivity index is 2.47. The Morgan fingerprint density at radius 2 is 2.22 bits per heavy atom. The van der Waals surface area contributed by atoms with Gasteiger partial charge in [0.15, 0.2) is 0 Å². The van der Waals surface area contributed by atoms with Crippen molar-refractivity contribution in [1.82, 2.24) is 5.32 Å². The van der Waals surface area contributed by atoms with E-state index < -0.39 is 5.41 Å². The predicted molar refractivity (Wildman–Crippen MR) is 69.1 cm³/mol. The zero-order valence-corrected chi connectivity index (χ0v) is 11.0. The predicted octanol–water partition coefficient (Wildman–Crippen LogP) is 1.90. The second kappa shape index (κ2) is 6.06. The van der Waals surface area contributed by atoms with E-state index in [9.17, 15) is 4.79 Å². The maximum atomic E-state index is 11.7. The molecule has 4 heteroatoms. The van der Waals surface area contributed by atoms with Gasteiger partial charge in [-0.3, -0.25) is 4.79 Å². The molecule has 0 saturated heterocycles. The van der Waals surface area contributed by atoms with E-state index in [2.05, 4.69) is 5.32 Å². The number of amides is 1. The van der Waals surface area contributed by atoms with Gasteiger partial charge in [-0.05, 0) is 38.0 Å². The summed E-state index contributed by atoms with van der Waals surface area (Å²) < 4.78 is 5.12. The SMILES string of the molecule is COc1cccc(CCNC(=O)C(C)(C)C#N)c1. The molecule has 0 unspecified atom stereocenters. The molecule has 1 aromatic rings. The zero-order chi connectivity index (χ0) is 13.6. The number of nitrogens with zero attached hydrogens (tertiary/aromatic N) is 1. The molecule has 4 nitrogen and oxygen atoms in total. The van der Waals surface area contributed by atoms with E-state index in [1.165, 1.54) is 0 Å². The lowest BCUT2D eigenvalue weighted by atomic mass is 9.95. The van der Waals surface area contributed by atoms with E-state index >= 15 is 0 Å². The molecule has 1 aromatic carbocycles. The summed E-state index contributed by atoms with van der Waals surface area (Å²) in [7, 11) is 1.62. The lowest BCUT2D eigenvalue weighted by Gasteiger charge is -2.14. The topological polar surface area (TPSA) is 62.1 Å². The first-order valence-corrected chi connectivity index (χ1v) is 5.82. The van der Waals surface area contributed by atoms with Crippen LogP contribution in [0, 0.1) is 16.7 Å². The molecule has 0 spiro atoms. The summed E-state index contributed by atoms with van der Waals surface area (Å²) in [4.78, 5) is 11.7. The standard InChI is InChI=1S/C14H18N2O2/c1-14(2,10-15)13(17)16-8-7-11-5-4-6-12(9-11)18-3/h4-6,9H,7-8H2,1-3H3,(H,16,17). The number of benzene rings is 1. The van der Waals surface area contributed by atoms with Crippen molar-refractivity contribution in [3.8, 4) is 11.8 Å². The van der Waals surface area contributed by atoms with Crippen LogP contribution in [0.15, 0.2) is 24.3 Å². The van der Waals surface area contributed by atoms with Gasteiger partial charge in [0.05, 0.1) is 13.2 Å². The second-order valence-electron chi connectivity index (χ2n) is 4.59. The number of hydrogen-bond donors (Lipinski definition) is 1. The molecule has 0 atom stereocenters. The van der Waals surface area contributed by atoms with E-state index in [1.807, 2.05) is 30.3 Å². The first-order valence-electron chi connectivity index (χ1n) is 5.82. The fraction of sp³-hybridized carbons (Fsp3) is 0.429. The average Bonchev–Trinajstić information content (AvgIpc) is 2.38. The summed E-state index contributed by atoms with van der Waals surface area (Å²) in [5, 5.41) is 11.6. The summed E-state index contributed by atoms with van der Waals surface area (Å²) in [6.45, 7) is 3.72. The van der Waals surface area contributed by atoms with Gasteiger partial charge in [0, 0.05) is 6.54 Å². The minimum Gasteiger partial charge on any atom is -0.497 e. The van der Waals surface area contributed by atoms with E-state index in [1.54, 1.807) is 21.0 Å². The van der Waals surface area contributed by atoms with Crippen LogP contribution in [0.4, 0.5) is 0 Å². The molecule has 0 fully saturated rings. The maximum Gasteiger partial charge on any atom is 0.239 e. The average molecular weight is 246 g/mol. The van der Waals surface area contributed by atoms with Crippen LogP contribution >= 0.6 is 0 Å². The van der Waals surface area contributed by atoms with E-state index in [0.29, 0.717) is 13.0 Å². The van der Waals surface area contributed by atoms with Crippen molar-refractivity contribution in [3.05, 3.63) is 29.8 Å². The van der Waals surface area contributed by atoms with Crippen molar-refractivity contribution in [3.63, 3.8) is 0 Å². The Morgan fingerprint density at radius 1 is 1.50 bits per heavy atom. The van der Waals surface area contributed by atoms with Crippen molar-refractivity contribution in [2.75, 3.05) is 13.7 Å². The first kappa shape index (κ1) is 14.0. The molecular formula is C14H18N2O2. The number of nitriles is 1. The van der Waals surface area contributed by atoms with Gasteiger partial charge in [-0.2, -0.15) is 5.26 Å². The van der Waals surface area contributed by atoms with Gasteiger partial charge in [0.1, 0.15) is 11.2 Å². The Morgan fingerprint density at radius 3 is 2.83 bits per heavy atom. The third-order valence-electron chi connectivity index (χ3n) is 2.68. The van der Waals surface area contributed by atoms with Gasteiger partial charge >= 0.3 is 0 Å². The van der Waals surface area contributed by atoms with E-state index in [-0.39, 0.29) is 5.91 Å². The minimum absolute atomic E-state index is 0.243. The Hall–Kier alpha value is -2.02. The highest BCUT2D eigenvalue weighted by Crippen LogP contribution is 2.14. The fourth-order valence-electron chi connectivity index (χ4n) is 1.42. The molecule has 0 saturated carbocycles. The van der Waals surface area contributed by atoms with Crippen LogP contribution in [-0.4, -0.2) is 19.6 Å². The van der Waals surface area contributed by atoms with Gasteiger partial charge in [-0.15, -0.1) is 0 Å². The van der Waals surface area contributed by atoms with Gasteiger partial charge in [0.25, 0.3) is 0 Å². The molecule has 18 heavy (non-hydrogen) atoms. The van der Waals surface area contributed by atoms with Gasteiger partial charge < -0.3 is 10.1 Å². The first-order chi connectivity index (χ1) is 8.49. The highest BCUT2D eigenvalue weighted by molar-refractivity contribution is 5.84. The van der Waals surface area contributed by atoms with Crippen LogP contribution in [-0.2, 0) is 11.2 Å². The number of methoxy groups -OCH3 is 1. The second-order valence-corrected chi connectivity index (χ2v) is 4.59. The third kappa shape index (κ3) is 3.77. The quantitative estimate of drug-likeness (QED) is 0.863. The molecule has 0 aromatic heterocycles. The van der Waals surface area contributed by atoms with Crippen LogP contribution in [0.25, 0.3) is 0 Å². The Kier molecular flexibility index (Phi) is 4.73. The Bertz CT molecular complexity index is 461. The van der Waals surface area contributed by atoms with Crippen molar-refractivity contribution in [1.29, 1.82) is 5.26 Å². The smallest absolute Gasteiger partial charge is 0.239 e. The summed E-state index contributed by atoms with van der Waals surface area (Å²) in [6, 6.07) is 9.67. The van der Waals surface area contributed by atoms with Crippen LogP contribution in [0.3, 0.4) is 0 Å². The molecule has 1 rings (SSSR count). The van der Waals surface area contributed by atoms with Crippen molar-refractivity contribution >= 4 is 5.91 Å². The highest BCUT2D eigenvalue weighted by Gasteiger charge is 2.26. The number of nitrogens with one attached hydrogen (secondary N) is 1. The summed E-state index contributed by atoms with van der Waals surface area (Å²) >= 11 is 0. The lowest BCUT2D eigenvalue weighted by Crippen LogP contribution is -2.36. The van der Waals surface area contributed by atoms with Crippen LogP contribution in [0.1, 0.15) is 19.4 Å². The molecule has 0 aliphatic carbocycles. The third-order valence-corrected chi connectivity index (χ3v) is 2.68. The normalized spacial score (nSPS) is 10.6. The number of carbonyl (C=O) groups is 1. The summed E-state index contributed by atoms with van der Waals surface area (Å²) in [6.07, 6.45) is 0.713. The molecule has 0 heterocycles. The van der Waals surface area contributed by atoms with Crippen molar-refractivity contribution in [2.24, 2.45) is 5.41 Å². The molecule has 0 bridgehead atoms. The maximum absolute atomic E-state index is 11.7. The molecule has 0 radical (unpaired) electrons. The van der Waals surface area contributed by atoms with Crippen LogP contribution in [0.2, 0.25) is 0 Å². The monoisotopic (exact) mass is 246 g/mol. The van der Waals surface area contributed by atoms with Gasteiger partial charge in [-0.1, -0.05) is 12.1 Å². The molecule has 1 N–H and O–H groups in total.